The molecule has 2 amide bonds. The molecular formula is C28H27N3O5S2. The molecule has 5 aliphatic rings. The maximum atomic E-state index is 13.4. The highest BCUT2D eigenvalue weighted by atomic mass is 32.2. The fraction of sp³-hybridized carbons (Fsp3) is 0.393. The van der Waals surface area contributed by atoms with Gasteiger partial charge in [-0.25, -0.2) is 0 Å². The van der Waals surface area contributed by atoms with Crippen molar-refractivity contribution < 1.29 is 19.2 Å². The van der Waals surface area contributed by atoms with Gasteiger partial charge in [-0.2, -0.15) is 5.01 Å². The number of nitro groups is 1. The summed E-state index contributed by atoms with van der Waals surface area (Å²) in [6.45, 7) is 0.277. The van der Waals surface area contributed by atoms with Crippen LogP contribution in [0.3, 0.4) is 0 Å². The van der Waals surface area contributed by atoms with Crippen molar-refractivity contribution in [2.75, 3.05) is 0 Å². The number of benzene rings is 2. The average Bonchev–Trinajstić information content (AvgIpc) is 3.15. The standard InChI is InChI=1S/C28H27N3O5S2/c32-25-24(12-17-3-7-23(8-4-17)36-16-18-1-5-22(6-2-18)31(34)35)38-27(37)30(25)29-26(33)28-13-19-9-20(14-28)11-21(10-19)15-28/h1-8,12,19-21H,9-11,13-16H2,(H,29,33)/b24-12+. The van der Waals surface area contributed by atoms with Crippen LogP contribution in [0.1, 0.15) is 49.7 Å². The maximum absolute atomic E-state index is 13.4. The first-order chi connectivity index (χ1) is 18.3. The molecule has 2 aromatic carbocycles. The number of thioether (sulfide) groups is 1. The molecular weight excluding hydrogens is 522 g/mol. The zero-order valence-electron chi connectivity index (χ0n) is 20.6. The second-order valence-corrected chi connectivity index (χ2v) is 12.6. The SMILES string of the molecule is O=C1/C(=C\c2ccc(OCc3ccc([N+](=O)[O-])cc3)cc2)SC(=S)N1NC(=O)C12CC3CC(CC(C3)C1)C2. The molecule has 1 heterocycles. The first-order valence-electron chi connectivity index (χ1n) is 12.8. The number of non-ortho nitro benzene ring substituents is 1. The molecule has 38 heavy (non-hydrogen) atoms. The van der Waals surface area contributed by atoms with Crippen molar-refractivity contribution in [3.05, 3.63) is 74.7 Å². The Morgan fingerprint density at radius 2 is 1.68 bits per heavy atom. The van der Waals surface area contributed by atoms with Gasteiger partial charge in [-0.1, -0.05) is 23.9 Å². The predicted octanol–water partition coefficient (Wildman–Crippen LogP) is 5.62. The van der Waals surface area contributed by atoms with Crippen LogP contribution in [0.4, 0.5) is 5.69 Å². The Morgan fingerprint density at radius 3 is 2.26 bits per heavy atom. The van der Waals surface area contributed by atoms with Crippen molar-refractivity contribution in [2.45, 2.75) is 45.1 Å². The Morgan fingerprint density at radius 1 is 1.08 bits per heavy atom. The van der Waals surface area contributed by atoms with Gasteiger partial charge in [-0.05, 0) is 110 Å². The summed E-state index contributed by atoms with van der Waals surface area (Å²) in [6.07, 6.45) is 8.28. The minimum Gasteiger partial charge on any atom is -0.489 e. The Balaban J connectivity index is 1.07. The molecule has 0 atom stereocenters. The number of nitrogens with one attached hydrogen (secondary N) is 1. The average molecular weight is 550 g/mol. The fourth-order valence-corrected chi connectivity index (χ4v) is 8.04. The normalized spacial score (nSPS) is 28.7. The quantitative estimate of drug-likeness (QED) is 0.207. The Labute approximate surface area is 229 Å². The van der Waals surface area contributed by atoms with Gasteiger partial charge in [0, 0.05) is 12.1 Å². The zero-order chi connectivity index (χ0) is 26.4. The molecule has 7 rings (SSSR count). The lowest BCUT2D eigenvalue weighted by Gasteiger charge is -2.55. The molecule has 0 radical (unpaired) electrons. The molecule has 0 spiro atoms. The molecule has 4 bridgehead atoms. The first-order valence-corrected chi connectivity index (χ1v) is 14.1. The number of nitrogens with zero attached hydrogens (tertiary/aromatic N) is 2. The topological polar surface area (TPSA) is 102 Å². The van der Waals surface area contributed by atoms with Gasteiger partial charge in [0.15, 0.2) is 4.32 Å². The number of thiocarbonyl (C=S) groups is 1. The van der Waals surface area contributed by atoms with Crippen molar-refractivity contribution in [1.29, 1.82) is 0 Å². The summed E-state index contributed by atoms with van der Waals surface area (Å²) in [4.78, 5) is 37.4. The minimum absolute atomic E-state index is 0.0378. The number of amides is 2. The van der Waals surface area contributed by atoms with Gasteiger partial charge in [0.05, 0.1) is 15.2 Å². The first kappa shape index (κ1) is 25.1. The van der Waals surface area contributed by atoms with E-state index in [9.17, 15) is 19.7 Å². The van der Waals surface area contributed by atoms with Gasteiger partial charge >= 0.3 is 0 Å². The Kier molecular flexibility index (Phi) is 6.47. The van der Waals surface area contributed by atoms with E-state index in [2.05, 4.69) is 5.43 Å². The third kappa shape index (κ3) is 4.82. The third-order valence-corrected chi connectivity index (χ3v) is 9.56. The summed E-state index contributed by atoms with van der Waals surface area (Å²) in [5.74, 6) is 2.19. The van der Waals surface area contributed by atoms with Crippen molar-refractivity contribution in [2.24, 2.45) is 23.2 Å². The van der Waals surface area contributed by atoms with Gasteiger partial charge in [0.1, 0.15) is 12.4 Å². The van der Waals surface area contributed by atoms with Crippen LogP contribution >= 0.6 is 24.0 Å². The number of carbonyl (C=O) groups excluding carboxylic acids is 2. The number of hydrogen-bond acceptors (Lipinski definition) is 7. The maximum Gasteiger partial charge on any atom is 0.285 e. The number of hydrogen-bond donors (Lipinski definition) is 1. The summed E-state index contributed by atoms with van der Waals surface area (Å²) in [6, 6.07) is 13.5. The van der Waals surface area contributed by atoms with Gasteiger partial charge < -0.3 is 4.74 Å². The second-order valence-electron chi connectivity index (χ2n) is 10.9. The van der Waals surface area contributed by atoms with Crippen molar-refractivity contribution in [1.82, 2.24) is 10.4 Å². The molecule has 1 saturated heterocycles. The van der Waals surface area contributed by atoms with Crippen molar-refractivity contribution >= 4 is 51.9 Å². The van der Waals surface area contributed by atoms with Gasteiger partial charge in [0.2, 0.25) is 5.91 Å². The molecule has 0 aromatic heterocycles. The van der Waals surface area contributed by atoms with Crippen LogP contribution in [0.15, 0.2) is 53.4 Å². The molecule has 196 valence electrons. The van der Waals surface area contributed by atoms with Crippen LogP contribution < -0.4 is 10.2 Å². The van der Waals surface area contributed by atoms with Crippen LogP contribution in [0, 0.1) is 33.3 Å². The third-order valence-electron chi connectivity index (χ3n) is 8.26. The monoisotopic (exact) mass is 549 g/mol. The summed E-state index contributed by atoms with van der Waals surface area (Å²) in [7, 11) is 0. The van der Waals surface area contributed by atoms with Gasteiger partial charge in [0.25, 0.3) is 11.6 Å². The van der Waals surface area contributed by atoms with Crippen LogP contribution in [-0.2, 0) is 16.2 Å². The van der Waals surface area contributed by atoms with Crippen molar-refractivity contribution in [3.8, 4) is 5.75 Å². The summed E-state index contributed by atoms with van der Waals surface area (Å²) in [5.41, 5.74) is 4.19. The largest absolute Gasteiger partial charge is 0.489 e. The van der Waals surface area contributed by atoms with Crippen LogP contribution in [-0.4, -0.2) is 26.1 Å². The fourth-order valence-electron chi connectivity index (χ4n) is 6.87. The molecule has 10 heteroatoms. The van der Waals surface area contributed by atoms with E-state index in [0.717, 1.165) is 30.4 Å². The Hall–Kier alpha value is -3.24. The predicted molar refractivity (Wildman–Crippen MR) is 148 cm³/mol. The lowest BCUT2D eigenvalue weighted by Crippen LogP contribution is -2.57. The van der Waals surface area contributed by atoms with E-state index in [-0.39, 0.29) is 29.5 Å². The minimum atomic E-state index is -0.436. The van der Waals surface area contributed by atoms with E-state index in [1.54, 1.807) is 30.3 Å². The molecule has 1 aliphatic heterocycles. The molecule has 4 aliphatic carbocycles. The number of hydrazine groups is 1. The second kappa shape index (κ2) is 9.81. The number of ether oxygens (including phenoxy) is 1. The summed E-state index contributed by atoms with van der Waals surface area (Å²) < 4.78 is 6.11. The van der Waals surface area contributed by atoms with Gasteiger partial charge in [-0.15, -0.1) is 0 Å². The van der Waals surface area contributed by atoms with E-state index in [1.807, 2.05) is 12.1 Å². The Bertz CT molecular complexity index is 1300. The molecule has 5 fully saturated rings. The number of nitro benzene ring substituents is 1. The van der Waals surface area contributed by atoms with E-state index in [0.29, 0.717) is 32.7 Å². The summed E-state index contributed by atoms with van der Waals surface area (Å²) >= 11 is 6.64. The molecule has 1 N–H and O–H groups in total. The molecule has 2 aromatic rings. The molecule has 8 nitrogen and oxygen atoms in total. The van der Waals surface area contributed by atoms with E-state index in [1.165, 1.54) is 48.2 Å². The highest BCUT2D eigenvalue weighted by Gasteiger charge is 2.55. The van der Waals surface area contributed by atoms with Crippen LogP contribution in [0.5, 0.6) is 5.75 Å². The highest BCUT2D eigenvalue weighted by Crippen LogP contribution is 2.60. The number of carbonyl (C=O) groups is 2. The smallest absolute Gasteiger partial charge is 0.285 e. The van der Waals surface area contributed by atoms with Gasteiger partial charge in [-0.3, -0.25) is 25.1 Å². The molecule has 0 unspecified atom stereocenters. The molecule has 4 saturated carbocycles. The lowest BCUT2D eigenvalue weighted by molar-refractivity contribution is -0.384. The van der Waals surface area contributed by atoms with Crippen molar-refractivity contribution in [3.63, 3.8) is 0 Å². The van der Waals surface area contributed by atoms with E-state index >= 15 is 0 Å². The zero-order valence-corrected chi connectivity index (χ0v) is 22.3. The van der Waals surface area contributed by atoms with E-state index in [4.69, 9.17) is 17.0 Å². The summed E-state index contributed by atoms with van der Waals surface area (Å²) in [5, 5.41) is 12.0. The van der Waals surface area contributed by atoms with E-state index < -0.39 is 4.92 Å². The van der Waals surface area contributed by atoms with Crippen LogP contribution in [0.2, 0.25) is 0 Å². The van der Waals surface area contributed by atoms with Crippen LogP contribution in [0.25, 0.3) is 6.08 Å². The lowest BCUT2D eigenvalue weighted by atomic mass is 9.49. The number of rotatable bonds is 7. The highest BCUT2D eigenvalue weighted by molar-refractivity contribution is 8.26.